The predicted molar refractivity (Wildman–Crippen MR) is 97.0 cm³/mol. The van der Waals surface area contributed by atoms with E-state index in [0.29, 0.717) is 5.56 Å². The maximum absolute atomic E-state index is 12.6. The molecule has 0 aliphatic rings. The maximum atomic E-state index is 12.6. The first-order valence-corrected chi connectivity index (χ1v) is 8.14. The van der Waals surface area contributed by atoms with E-state index in [1.807, 2.05) is 30.3 Å². The number of ether oxygens (including phenoxy) is 2. The Morgan fingerprint density at radius 2 is 1.93 bits per heavy atom. The molecule has 0 aliphatic heterocycles. The number of benzene rings is 2. The minimum Gasteiger partial charge on any atom is -0.493 e. The van der Waals surface area contributed by atoms with Crippen molar-refractivity contribution in [3.63, 3.8) is 0 Å². The van der Waals surface area contributed by atoms with Crippen LogP contribution in [0.2, 0.25) is 0 Å². The van der Waals surface area contributed by atoms with Crippen molar-refractivity contribution < 1.29 is 19.2 Å². The van der Waals surface area contributed by atoms with Crippen LogP contribution in [0.3, 0.4) is 0 Å². The van der Waals surface area contributed by atoms with E-state index in [4.69, 9.17) is 9.47 Å². The number of methoxy groups -OCH3 is 1. The number of para-hydroxylation sites is 1. The van der Waals surface area contributed by atoms with Crippen molar-refractivity contribution in [1.29, 1.82) is 0 Å². The molecule has 2 aromatic carbocycles. The maximum Gasteiger partial charge on any atom is 0.363 e. The molecule has 3 aromatic rings. The fourth-order valence-corrected chi connectivity index (χ4v) is 2.54. The number of nitro groups is 1. The fourth-order valence-electron chi connectivity index (χ4n) is 2.54. The number of aromatic nitrogens is 2. The smallest absolute Gasteiger partial charge is 0.363 e. The lowest BCUT2D eigenvalue weighted by molar-refractivity contribution is -0.385. The van der Waals surface area contributed by atoms with Gasteiger partial charge in [0.15, 0.2) is 5.75 Å². The molecule has 0 fully saturated rings. The zero-order chi connectivity index (χ0) is 19.4. The van der Waals surface area contributed by atoms with Crippen LogP contribution in [0.25, 0.3) is 5.69 Å². The molecule has 0 amide bonds. The number of nitro benzene ring substituents is 1. The Labute approximate surface area is 155 Å². The Morgan fingerprint density at radius 1 is 1.19 bits per heavy atom. The quantitative estimate of drug-likeness (QED) is 0.374. The monoisotopic (exact) mass is 367 g/mol. The van der Waals surface area contributed by atoms with Gasteiger partial charge in [0, 0.05) is 12.1 Å². The Morgan fingerprint density at radius 3 is 2.59 bits per heavy atom. The second kappa shape index (κ2) is 7.69. The topological polar surface area (TPSA) is 96.5 Å². The van der Waals surface area contributed by atoms with Gasteiger partial charge in [-0.05, 0) is 24.6 Å². The molecule has 1 heterocycles. The zero-order valence-electron chi connectivity index (χ0n) is 14.7. The van der Waals surface area contributed by atoms with Gasteiger partial charge in [-0.3, -0.25) is 10.1 Å². The van der Waals surface area contributed by atoms with Crippen LogP contribution >= 0.6 is 0 Å². The van der Waals surface area contributed by atoms with Gasteiger partial charge in [0.05, 0.1) is 23.9 Å². The second-order valence-electron chi connectivity index (χ2n) is 5.73. The summed E-state index contributed by atoms with van der Waals surface area (Å²) in [6.45, 7) is 1.64. The van der Waals surface area contributed by atoms with Crippen LogP contribution in [0.15, 0.2) is 60.8 Å². The Bertz CT molecular complexity index is 968. The van der Waals surface area contributed by atoms with Crippen LogP contribution in [-0.2, 0) is 4.74 Å². The molecule has 0 aliphatic carbocycles. The third-order valence-corrected chi connectivity index (χ3v) is 3.95. The molecular formula is C19H17N3O5. The first-order valence-electron chi connectivity index (χ1n) is 8.14. The lowest BCUT2D eigenvalue weighted by Gasteiger charge is -2.13. The lowest BCUT2D eigenvalue weighted by Crippen LogP contribution is -2.11. The second-order valence-corrected chi connectivity index (χ2v) is 5.73. The molecule has 0 bridgehead atoms. The Balaban J connectivity index is 1.82. The van der Waals surface area contributed by atoms with E-state index in [1.165, 1.54) is 23.9 Å². The summed E-state index contributed by atoms with van der Waals surface area (Å²) in [5.74, 6) is -0.407. The Kier molecular flexibility index (Phi) is 5.16. The summed E-state index contributed by atoms with van der Waals surface area (Å²) in [7, 11) is 1.44. The molecule has 0 unspecified atom stereocenters. The predicted octanol–water partition coefficient (Wildman–Crippen LogP) is 3.71. The number of carbonyl (C=O) groups is 1. The first kappa shape index (κ1) is 18.1. The number of esters is 1. The number of nitrogens with zero attached hydrogens (tertiary/aromatic N) is 3. The first-order chi connectivity index (χ1) is 13.0. The van der Waals surface area contributed by atoms with Gasteiger partial charge in [0.2, 0.25) is 5.69 Å². The average Bonchev–Trinajstić information content (AvgIpc) is 3.13. The van der Waals surface area contributed by atoms with Crippen LogP contribution in [0.4, 0.5) is 5.69 Å². The van der Waals surface area contributed by atoms with Crippen molar-refractivity contribution in [2.24, 2.45) is 0 Å². The summed E-state index contributed by atoms with van der Waals surface area (Å²) in [6, 6.07) is 15.2. The summed E-state index contributed by atoms with van der Waals surface area (Å²) in [6.07, 6.45) is 0.896. The van der Waals surface area contributed by atoms with Crippen LogP contribution in [0, 0.1) is 10.1 Å². The van der Waals surface area contributed by atoms with E-state index in [2.05, 4.69) is 5.10 Å². The van der Waals surface area contributed by atoms with E-state index < -0.39 is 17.0 Å². The number of hydrogen-bond acceptors (Lipinski definition) is 6. The van der Waals surface area contributed by atoms with Gasteiger partial charge in [-0.1, -0.05) is 30.3 Å². The standard InChI is InChI=1S/C19H17N3O5/c1-13(14-7-6-10-16(11-14)22(24)25)27-19(23)18-17(26-2)12-21(20-18)15-8-4-3-5-9-15/h3-13H,1-2H3/t13-/m1/s1. The third kappa shape index (κ3) is 3.95. The molecule has 138 valence electrons. The summed E-state index contributed by atoms with van der Waals surface area (Å²) in [4.78, 5) is 23.0. The van der Waals surface area contributed by atoms with Crippen LogP contribution in [0.5, 0.6) is 5.75 Å². The number of rotatable bonds is 6. The van der Waals surface area contributed by atoms with E-state index in [-0.39, 0.29) is 17.1 Å². The van der Waals surface area contributed by atoms with E-state index in [1.54, 1.807) is 25.3 Å². The van der Waals surface area contributed by atoms with Crippen molar-refractivity contribution in [2.75, 3.05) is 7.11 Å². The molecule has 8 heteroatoms. The highest BCUT2D eigenvalue weighted by Crippen LogP contribution is 2.25. The average molecular weight is 367 g/mol. The molecule has 0 saturated carbocycles. The number of carbonyl (C=O) groups excluding carboxylic acids is 1. The summed E-state index contributed by atoms with van der Waals surface area (Å²) in [5, 5.41) is 15.2. The van der Waals surface area contributed by atoms with Gasteiger partial charge in [0.1, 0.15) is 6.10 Å². The highest BCUT2D eigenvalue weighted by Gasteiger charge is 2.23. The molecule has 1 atom stereocenters. The molecule has 0 saturated heterocycles. The van der Waals surface area contributed by atoms with Gasteiger partial charge in [-0.15, -0.1) is 0 Å². The minimum absolute atomic E-state index is 0.0265. The summed E-state index contributed by atoms with van der Waals surface area (Å²) < 4.78 is 12.2. The summed E-state index contributed by atoms with van der Waals surface area (Å²) in [5.41, 5.74) is 1.24. The highest BCUT2D eigenvalue weighted by molar-refractivity contribution is 5.90. The third-order valence-electron chi connectivity index (χ3n) is 3.95. The van der Waals surface area contributed by atoms with Crippen molar-refractivity contribution in [1.82, 2.24) is 9.78 Å². The van der Waals surface area contributed by atoms with Crippen LogP contribution in [0.1, 0.15) is 29.1 Å². The van der Waals surface area contributed by atoms with Crippen LogP contribution < -0.4 is 4.74 Å². The lowest BCUT2D eigenvalue weighted by atomic mass is 10.1. The molecule has 0 N–H and O–H groups in total. The summed E-state index contributed by atoms with van der Waals surface area (Å²) >= 11 is 0. The molecule has 27 heavy (non-hydrogen) atoms. The fraction of sp³-hybridized carbons (Fsp3) is 0.158. The highest BCUT2D eigenvalue weighted by atomic mass is 16.6. The molecule has 3 rings (SSSR count). The van der Waals surface area contributed by atoms with Crippen molar-refractivity contribution in [2.45, 2.75) is 13.0 Å². The van der Waals surface area contributed by atoms with Gasteiger partial charge in [-0.25, -0.2) is 9.48 Å². The minimum atomic E-state index is -0.691. The van der Waals surface area contributed by atoms with E-state index in [9.17, 15) is 14.9 Å². The van der Waals surface area contributed by atoms with E-state index >= 15 is 0 Å². The van der Waals surface area contributed by atoms with Crippen molar-refractivity contribution in [3.8, 4) is 11.4 Å². The Hall–Kier alpha value is -3.68. The molecule has 1 aromatic heterocycles. The number of hydrogen-bond donors (Lipinski definition) is 0. The molecular weight excluding hydrogens is 350 g/mol. The largest absolute Gasteiger partial charge is 0.493 e. The van der Waals surface area contributed by atoms with Gasteiger partial charge in [-0.2, -0.15) is 5.10 Å². The van der Waals surface area contributed by atoms with Gasteiger partial charge >= 0.3 is 5.97 Å². The molecule has 8 nitrogen and oxygen atoms in total. The zero-order valence-corrected chi connectivity index (χ0v) is 14.7. The van der Waals surface area contributed by atoms with Crippen LogP contribution in [-0.4, -0.2) is 27.8 Å². The van der Waals surface area contributed by atoms with Gasteiger partial charge < -0.3 is 9.47 Å². The number of non-ortho nitro benzene ring substituents is 1. The normalized spacial score (nSPS) is 11.6. The van der Waals surface area contributed by atoms with Crippen molar-refractivity contribution >= 4 is 11.7 Å². The van der Waals surface area contributed by atoms with Crippen molar-refractivity contribution in [3.05, 3.63) is 82.2 Å². The SMILES string of the molecule is COc1cn(-c2ccccc2)nc1C(=O)O[C@H](C)c1cccc([N+](=O)[O-])c1. The van der Waals surface area contributed by atoms with E-state index in [0.717, 1.165) is 5.69 Å². The van der Waals surface area contributed by atoms with Gasteiger partial charge in [0.25, 0.3) is 5.69 Å². The molecule has 0 radical (unpaired) electrons. The molecule has 0 spiro atoms.